The van der Waals surface area contributed by atoms with E-state index in [0.717, 1.165) is 43.7 Å². The first kappa shape index (κ1) is 20.7. The van der Waals surface area contributed by atoms with Crippen molar-refractivity contribution < 1.29 is 21.1 Å². The maximum absolute atomic E-state index is 4.97. The van der Waals surface area contributed by atoms with Gasteiger partial charge in [0, 0.05) is 21.6 Å². The second-order valence-corrected chi connectivity index (χ2v) is 10.00. The average Bonchev–Trinajstić information content (AvgIpc) is 3.37. The smallest absolute Gasteiger partial charge is 0.238 e. The summed E-state index contributed by atoms with van der Waals surface area (Å²) in [5, 5.41) is 6.30. The van der Waals surface area contributed by atoms with E-state index in [0.29, 0.717) is 0 Å². The molecule has 8 bridgehead atoms. The van der Waals surface area contributed by atoms with Gasteiger partial charge in [0.15, 0.2) is 10.0 Å². The van der Waals surface area contributed by atoms with Crippen molar-refractivity contribution in [3.05, 3.63) is 81.8 Å². The molecule has 0 atom stereocenters. The molecule has 0 N–H and O–H groups in total. The first-order valence-corrected chi connectivity index (χ1v) is 11.1. The van der Waals surface area contributed by atoms with Crippen LogP contribution >= 0.6 is 22.7 Å². The van der Waals surface area contributed by atoms with Gasteiger partial charge < -0.3 is 0 Å². The summed E-state index contributed by atoms with van der Waals surface area (Å²) in [6, 6.07) is 20.0. The molecule has 0 radical (unpaired) electrons. The minimum Gasteiger partial charge on any atom is -0.238 e. The Morgan fingerprint density at radius 3 is 1.52 bits per heavy atom. The summed E-state index contributed by atoms with van der Waals surface area (Å²) in [6.07, 6.45) is 0. The molecular weight excluding hydrogens is 575 g/mol. The van der Waals surface area contributed by atoms with Gasteiger partial charge >= 0.3 is 21.1 Å². The zero-order valence-corrected chi connectivity index (χ0v) is 20.6. The van der Waals surface area contributed by atoms with Crippen LogP contribution in [0.1, 0.15) is 50.2 Å². The fraction of sp³-hybridized carbons (Fsp3) is 0.250. The Bertz CT molecular complexity index is 1090. The summed E-state index contributed by atoms with van der Waals surface area (Å²) in [5.41, 5.74) is 6.06. The number of fused-ring (bicyclic) bond motifs is 10. The molecule has 1 aliphatic heterocycles. The molecule has 5 heteroatoms. The predicted molar refractivity (Wildman–Crippen MR) is 117 cm³/mol. The number of benzene rings is 2. The summed E-state index contributed by atoms with van der Waals surface area (Å²) >= 11 is 3.34. The third-order valence-electron chi connectivity index (χ3n) is 5.70. The monoisotopic (exact) mass is 595 g/mol. The van der Waals surface area contributed by atoms with Crippen molar-refractivity contribution in [2.24, 2.45) is 0 Å². The number of hydrogen-bond donors (Lipinski definition) is 0. The molecule has 0 unspecified atom stereocenters. The van der Waals surface area contributed by atoms with Crippen LogP contribution in [0.4, 0.5) is 0 Å². The summed E-state index contributed by atoms with van der Waals surface area (Å²) in [4.78, 5) is 9.93. The molecule has 0 saturated carbocycles. The van der Waals surface area contributed by atoms with Crippen LogP contribution in [0.2, 0.25) is 0 Å². The topological polar surface area (TPSA) is 25.8 Å². The van der Waals surface area contributed by atoms with E-state index >= 15 is 0 Å². The van der Waals surface area contributed by atoms with Crippen molar-refractivity contribution in [2.45, 2.75) is 38.5 Å². The molecule has 3 heterocycles. The maximum atomic E-state index is 4.97. The van der Waals surface area contributed by atoms with Crippen molar-refractivity contribution in [2.75, 3.05) is 0 Å². The largest absolute Gasteiger partial charge is 2.00 e. The predicted octanol–water partition coefficient (Wildman–Crippen LogP) is 6.50. The van der Waals surface area contributed by atoms with Crippen molar-refractivity contribution in [1.29, 1.82) is 0 Å². The van der Waals surface area contributed by atoms with Gasteiger partial charge in [0.05, 0.1) is 11.4 Å². The van der Waals surface area contributed by atoms with Crippen molar-refractivity contribution in [3.63, 3.8) is 0 Å². The number of rotatable bonds is 0. The van der Waals surface area contributed by atoms with E-state index in [4.69, 9.17) is 9.97 Å². The van der Waals surface area contributed by atoms with E-state index < -0.39 is 0 Å². The van der Waals surface area contributed by atoms with Crippen molar-refractivity contribution >= 4 is 22.7 Å². The first-order valence-electron chi connectivity index (χ1n) is 9.34. The molecule has 2 nitrogen and oxygen atoms in total. The third kappa shape index (κ3) is 3.36. The van der Waals surface area contributed by atoms with Crippen LogP contribution in [0.5, 0.6) is 0 Å². The maximum Gasteiger partial charge on any atom is 2.00 e. The van der Waals surface area contributed by atoms with Gasteiger partial charge in [-0.25, -0.2) is 21.1 Å². The van der Waals surface area contributed by atoms with Gasteiger partial charge in [-0.05, 0) is 0 Å². The quantitative estimate of drug-likeness (QED) is 0.217. The van der Waals surface area contributed by atoms with Crippen LogP contribution in [0.3, 0.4) is 0 Å². The molecule has 0 fully saturated rings. The van der Waals surface area contributed by atoms with Gasteiger partial charge in [0.2, 0.25) is 0 Å². The second-order valence-electron chi connectivity index (χ2n) is 8.28. The van der Waals surface area contributed by atoms with Gasteiger partial charge in [-0.3, -0.25) is 0 Å². The van der Waals surface area contributed by atoms with Gasteiger partial charge in [-0.1, -0.05) is 27.7 Å². The van der Waals surface area contributed by atoms with E-state index in [1.807, 2.05) is 0 Å². The van der Waals surface area contributed by atoms with Gasteiger partial charge in [0.1, 0.15) is 0 Å². The summed E-state index contributed by atoms with van der Waals surface area (Å²) in [6.45, 7) is 8.85. The molecule has 0 spiro atoms. The number of thiazole rings is 2. The molecule has 29 heavy (non-hydrogen) atoms. The van der Waals surface area contributed by atoms with Crippen LogP contribution in [0, 0.1) is 12.1 Å². The molecule has 4 aromatic rings. The minimum atomic E-state index is -0.230. The van der Waals surface area contributed by atoms with E-state index in [1.54, 1.807) is 22.7 Å². The molecule has 0 amide bonds. The Morgan fingerprint density at radius 2 is 1.10 bits per heavy atom. The Morgan fingerprint density at radius 1 is 0.690 bits per heavy atom. The van der Waals surface area contributed by atoms with E-state index in [-0.39, 0.29) is 31.9 Å². The molecular formula is C24H20N2PtS2. The number of hydrogen-bond acceptors (Lipinski definition) is 4. The fourth-order valence-corrected chi connectivity index (χ4v) is 5.60. The molecule has 0 aliphatic carbocycles. The zero-order valence-electron chi connectivity index (χ0n) is 16.6. The summed E-state index contributed by atoms with van der Waals surface area (Å²) in [5.74, 6) is 0. The van der Waals surface area contributed by atoms with Crippen LogP contribution in [0.15, 0.2) is 47.2 Å². The van der Waals surface area contributed by atoms with Crippen LogP contribution in [-0.4, -0.2) is 9.97 Å². The Hall–Kier alpha value is -1.61. The molecule has 2 aromatic carbocycles. The summed E-state index contributed by atoms with van der Waals surface area (Å²) < 4.78 is 0. The summed E-state index contributed by atoms with van der Waals surface area (Å²) in [7, 11) is 0. The minimum absolute atomic E-state index is 0. The zero-order chi connectivity index (χ0) is 19.5. The number of nitrogens with zero attached hydrogens (tertiary/aromatic N) is 2. The Labute approximate surface area is 194 Å². The van der Waals surface area contributed by atoms with Crippen LogP contribution in [-0.2, 0) is 31.9 Å². The van der Waals surface area contributed by atoms with E-state index in [2.05, 4.69) is 87.0 Å². The molecule has 2 aromatic heterocycles. The van der Waals surface area contributed by atoms with Crippen molar-refractivity contribution in [1.82, 2.24) is 9.97 Å². The third-order valence-corrected chi connectivity index (χ3v) is 7.53. The van der Waals surface area contributed by atoms with E-state index in [9.17, 15) is 0 Å². The average molecular weight is 596 g/mol. The van der Waals surface area contributed by atoms with Gasteiger partial charge in [-0.2, -0.15) is 36.4 Å². The normalized spacial score (nSPS) is 15.9. The Balaban J connectivity index is 0.00000205. The molecule has 5 rings (SSSR count). The first-order chi connectivity index (χ1) is 13.4. The van der Waals surface area contributed by atoms with Crippen LogP contribution in [0.25, 0.3) is 21.1 Å². The van der Waals surface area contributed by atoms with Gasteiger partial charge in [-0.15, -0.1) is 45.9 Å². The second kappa shape index (κ2) is 7.26. The fourth-order valence-electron chi connectivity index (χ4n) is 3.58. The molecule has 148 valence electrons. The molecule has 1 aliphatic rings. The van der Waals surface area contributed by atoms with Gasteiger partial charge in [0.25, 0.3) is 0 Å². The van der Waals surface area contributed by atoms with Crippen LogP contribution < -0.4 is 0 Å². The Kier molecular flexibility index (Phi) is 5.17. The van der Waals surface area contributed by atoms with E-state index in [1.165, 1.54) is 0 Å². The number of aromatic nitrogens is 2. The molecule has 0 saturated heterocycles. The van der Waals surface area contributed by atoms with Crippen molar-refractivity contribution in [3.8, 4) is 21.1 Å². The SMILES string of the molecule is CC1(C)c2[c-]c(ccc2)-c2[c-]c(ccc2)C(C)(C)c2csc(n2)-c2nc1cs2.[Pt+2]. The standard InChI is InChI=1S/C24H20N2S2.Pt/c1-23(2)17-9-5-7-15(11-17)16-8-6-10-18(12-16)24(3,4)20-14-28-22(26-20)21-25-19(23)13-27-21;/h5-10,13-14H,1-4H3;/q-2;+2.